The van der Waals surface area contributed by atoms with Gasteiger partial charge in [-0.3, -0.25) is 0 Å². The van der Waals surface area contributed by atoms with Gasteiger partial charge in [0.25, 0.3) is 0 Å². The highest BCUT2D eigenvalue weighted by Gasteiger charge is 2.13. The second kappa shape index (κ2) is 7.78. The molecule has 0 bridgehead atoms. The molecule has 3 rings (SSSR count). The number of rotatable bonds is 7. The minimum Gasteiger partial charge on any atom is -0.550 e. The van der Waals surface area contributed by atoms with Crippen molar-refractivity contribution in [2.24, 2.45) is 0 Å². The number of aromatic nitrogens is 1. The second-order valence-corrected chi connectivity index (χ2v) is 5.98. The number of carbonyl (C=O) groups excluding carboxylic acids is 2. The van der Waals surface area contributed by atoms with Gasteiger partial charge in [0, 0.05) is 17.4 Å². The summed E-state index contributed by atoms with van der Waals surface area (Å²) in [5.41, 5.74) is 3.09. The Morgan fingerprint density at radius 2 is 1.74 bits per heavy atom. The maximum Gasteiger partial charge on any atom is 0.118 e. The fourth-order valence-corrected chi connectivity index (χ4v) is 2.97. The van der Waals surface area contributed by atoms with Crippen molar-refractivity contribution in [2.75, 3.05) is 7.11 Å². The molecule has 27 heavy (non-hydrogen) atoms. The van der Waals surface area contributed by atoms with Crippen LogP contribution in [0.1, 0.15) is 22.5 Å². The SMILES string of the molecule is COc1ccc(-c2ccc(CCC(=O)[O-])n2-c2cccc(C(=O)[O-])c2)cc1. The smallest absolute Gasteiger partial charge is 0.118 e. The molecule has 6 nitrogen and oxygen atoms in total. The number of hydrogen-bond acceptors (Lipinski definition) is 5. The summed E-state index contributed by atoms with van der Waals surface area (Å²) in [6, 6.07) is 17.5. The number of aliphatic carboxylic acids is 1. The lowest BCUT2D eigenvalue weighted by molar-refractivity contribution is -0.305. The highest BCUT2D eigenvalue weighted by atomic mass is 16.5. The Kier molecular flexibility index (Phi) is 5.26. The third kappa shape index (κ3) is 4.00. The molecule has 0 aliphatic carbocycles. The zero-order chi connectivity index (χ0) is 19.4. The van der Waals surface area contributed by atoms with Crippen LogP contribution in [-0.4, -0.2) is 23.6 Å². The van der Waals surface area contributed by atoms with Crippen molar-refractivity contribution in [1.29, 1.82) is 0 Å². The molecule has 2 aromatic carbocycles. The van der Waals surface area contributed by atoms with Gasteiger partial charge >= 0.3 is 0 Å². The second-order valence-electron chi connectivity index (χ2n) is 5.98. The summed E-state index contributed by atoms with van der Waals surface area (Å²) in [7, 11) is 1.58. The van der Waals surface area contributed by atoms with Gasteiger partial charge in [-0.2, -0.15) is 0 Å². The first-order valence-corrected chi connectivity index (χ1v) is 8.36. The summed E-state index contributed by atoms with van der Waals surface area (Å²) in [4.78, 5) is 22.1. The lowest BCUT2D eigenvalue weighted by atomic mass is 10.1. The highest BCUT2D eigenvalue weighted by Crippen LogP contribution is 2.29. The molecular formula is C21H17NO5-2. The lowest BCUT2D eigenvalue weighted by Crippen LogP contribution is -2.23. The largest absolute Gasteiger partial charge is 0.550 e. The van der Waals surface area contributed by atoms with Crippen molar-refractivity contribution < 1.29 is 24.5 Å². The van der Waals surface area contributed by atoms with E-state index in [-0.39, 0.29) is 18.4 Å². The molecule has 0 spiro atoms. The zero-order valence-electron chi connectivity index (χ0n) is 14.7. The minimum absolute atomic E-state index is 0.0488. The molecule has 0 atom stereocenters. The molecule has 0 saturated heterocycles. The van der Waals surface area contributed by atoms with Crippen LogP contribution in [0.15, 0.2) is 60.7 Å². The van der Waals surface area contributed by atoms with E-state index in [1.807, 2.05) is 41.0 Å². The molecule has 0 fully saturated rings. The third-order valence-electron chi connectivity index (χ3n) is 4.27. The molecule has 0 radical (unpaired) electrons. The van der Waals surface area contributed by atoms with E-state index < -0.39 is 11.9 Å². The predicted molar refractivity (Wildman–Crippen MR) is 95.4 cm³/mol. The Morgan fingerprint density at radius 3 is 2.37 bits per heavy atom. The number of methoxy groups -OCH3 is 1. The highest BCUT2D eigenvalue weighted by molar-refractivity contribution is 5.86. The van der Waals surface area contributed by atoms with Gasteiger partial charge in [0.05, 0.1) is 18.8 Å². The van der Waals surface area contributed by atoms with E-state index in [4.69, 9.17) is 4.74 Å². The molecule has 0 unspecified atom stereocenters. The molecule has 1 aromatic heterocycles. The first-order valence-electron chi connectivity index (χ1n) is 8.36. The Hall–Kier alpha value is -3.54. The number of hydrogen-bond donors (Lipinski definition) is 0. The summed E-state index contributed by atoms with van der Waals surface area (Å²) in [5.74, 6) is -1.70. The molecule has 0 amide bonds. The summed E-state index contributed by atoms with van der Waals surface area (Å²) in [5, 5.41) is 22.1. The van der Waals surface area contributed by atoms with Crippen molar-refractivity contribution in [3.63, 3.8) is 0 Å². The monoisotopic (exact) mass is 363 g/mol. The number of aromatic carboxylic acids is 1. The summed E-state index contributed by atoms with van der Waals surface area (Å²) in [6.07, 6.45) is 0.125. The van der Waals surface area contributed by atoms with Crippen LogP contribution >= 0.6 is 0 Å². The molecule has 0 N–H and O–H groups in total. The average molecular weight is 363 g/mol. The van der Waals surface area contributed by atoms with Crippen LogP contribution in [0.25, 0.3) is 16.9 Å². The number of aryl methyl sites for hydroxylation is 1. The molecule has 0 aliphatic heterocycles. The van der Waals surface area contributed by atoms with Crippen LogP contribution in [0.4, 0.5) is 0 Å². The maximum absolute atomic E-state index is 11.2. The van der Waals surface area contributed by atoms with Crippen LogP contribution < -0.4 is 14.9 Å². The fourth-order valence-electron chi connectivity index (χ4n) is 2.97. The van der Waals surface area contributed by atoms with Crippen LogP contribution in [0.3, 0.4) is 0 Å². The van der Waals surface area contributed by atoms with Gasteiger partial charge in [-0.1, -0.05) is 12.1 Å². The van der Waals surface area contributed by atoms with E-state index in [0.717, 1.165) is 17.0 Å². The molecule has 3 aromatic rings. The third-order valence-corrected chi connectivity index (χ3v) is 4.27. The minimum atomic E-state index is -1.27. The number of benzene rings is 2. The molecule has 1 heterocycles. The standard InChI is InChI=1S/C21H19NO5/c1-27-18-9-5-14(6-10-18)19-11-7-16(8-12-20(23)24)22(19)17-4-2-3-15(13-17)21(25)26/h2-7,9-11,13H,8,12H2,1H3,(H,23,24)(H,25,26)/p-2. The summed E-state index contributed by atoms with van der Waals surface area (Å²) >= 11 is 0. The molecule has 138 valence electrons. The van der Waals surface area contributed by atoms with Gasteiger partial charge in [0.15, 0.2) is 0 Å². The van der Waals surface area contributed by atoms with E-state index in [2.05, 4.69) is 0 Å². The van der Waals surface area contributed by atoms with Gasteiger partial charge in [0.2, 0.25) is 0 Å². The lowest BCUT2D eigenvalue weighted by Gasteiger charge is -2.16. The van der Waals surface area contributed by atoms with Crippen molar-refractivity contribution in [1.82, 2.24) is 4.57 Å². The number of ether oxygens (including phenoxy) is 1. The van der Waals surface area contributed by atoms with Gasteiger partial charge in [-0.15, -0.1) is 0 Å². The first kappa shape index (κ1) is 18.3. The summed E-state index contributed by atoms with van der Waals surface area (Å²) in [6.45, 7) is 0. The Labute approximate surface area is 156 Å². The van der Waals surface area contributed by atoms with Crippen molar-refractivity contribution in [3.8, 4) is 22.7 Å². The molecule has 0 saturated carbocycles. The van der Waals surface area contributed by atoms with Crippen molar-refractivity contribution in [3.05, 3.63) is 71.9 Å². The van der Waals surface area contributed by atoms with Gasteiger partial charge in [-0.05, 0) is 72.5 Å². The Balaban J connectivity index is 2.12. The quantitative estimate of drug-likeness (QED) is 0.629. The van der Waals surface area contributed by atoms with E-state index in [1.54, 1.807) is 19.2 Å². The average Bonchev–Trinajstić information content (AvgIpc) is 3.10. The van der Waals surface area contributed by atoms with Crippen LogP contribution in [0.2, 0.25) is 0 Å². The molecule has 6 heteroatoms. The normalized spacial score (nSPS) is 10.6. The number of carboxylic acid groups (broad SMARTS) is 2. The number of nitrogens with zero attached hydrogens (tertiary/aromatic N) is 1. The van der Waals surface area contributed by atoms with Crippen LogP contribution in [0, 0.1) is 0 Å². The Morgan fingerprint density at radius 1 is 1.00 bits per heavy atom. The fraction of sp³-hybridized carbons (Fsp3) is 0.143. The van der Waals surface area contributed by atoms with Crippen LogP contribution in [-0.2, 0) is 11.2 Å². The van der Waals surface area contributed by atoms with E-state index in [1.165, 1.54) is 12.1 Å². The van der Waals surface area contributed by atoms with E-state index in [0.29, 0.717) is 11.4 Å². The van der Waals surface area contributed by atoms with Gasteiger partial charge in [0.1, 0.15) is 5.75 Å². The maximum atomic E-state index is 11.2. The zero-order valence-corrected chi connectivity index (χ0v) is 14.7. The molecule has 0 aliphatic rings. The Bertz CT molecular complexity index is 972. The number of carboxylic acids is 2. The predicted octanol–water partition coefficient (Wildman–Crippen LogP) is 1.20. The van der Waals surface area contributed by atoms with Crippen molar-refractivity contribution >= 4 is 11.9 Å². The number of carbonyl (C=O) groups is 2. The molecular weight excluding hydrogens is 346 g/mol. The van der Waals surface area contributed by atoms with E-state index in [9.17, 15) is 19.8 Å². The van der Waals surface area contributed by atoms with Gasteiger partial charge < -0.3 is 29.1 Å². The topological polar surface area (TPSA) is 94.4 Å². The van der Waals surface area contributed by atoms with Crippen LogP contribution in [0.5, 0.6) is 5.75 Å². The first-order chi connectivity index (χ1) is 13.0. The van der Waals surface area contributed by atoms with E-state index >= 15 is 0 Å². The van der Waals surface area contributed by atoms with Gasteiger partial charge in [-0.25, -0.2) is 0 Å². The summed E-state index contributed by atoms with van der Waals surface area (Å²) < 4.78 is 7.03. The van der Waals surface area contributed by atoms with Crippen molar-refractivity contribution in [2.45, 2.75) is 12.8 Å².